The van der Waals surface area contributed by atoms with Crippen molar-refractivity contribution >= 4 is 49.3 Å². The molecule has 0 saturated heterocycles. The fourth-order valence-corrected chi connectivity index (χ4v) is 10.5. The van der Waals surface area contributed by atoms with Crippen LogP contribution in [0.25, 0.3) is 105 Å². The zero-order chi connectivity index (χ0) is 52.1. The lowest BCUT2D eigenvalue weighted by Crippen LogP contribution is -2.17. The quantitative estimate of drug-likeness (QED) is 0.156. The van der Waals surface area contributed by atoms with Crippen LogP contribution in [0.1, 0.15) is 105 Å². The summed E-state index contributed by atoms with van der Waals surface area (Å²) >= 11 is 0. The minimum absolute atomic E-state index is 0.113. The van der Waals surface area contributed by atoms with E-state index >= 15 is 0 Å². The van der Waals surface area contributed by atoms with E-state index < -0.39 is 0 Å². The van der Waals surface area contributed by atoms with Crippen molar-refractivity contribution in [2.75, 3.05) is 0 Å². The summed E-state index contributed by atoms with van der Waals surface area (Å²) in [6.07, 6.45) is 0. The van der Waals surface area contributed by atoms with Gasteiger partial charge in [-0.2, -0.15) is 0 Å². The maximum atomic E-state index is 7.90. The van der Waals surface area contributed by atoms with Crippen LogP contribution in [0.15, 0.2) is 170 Å². The topological polar surface area (TPSA) is 52.9 Å². The van der Waals surface area contributed by atoms with Crippen LogP contribution in [-0.2, 0) is 21.7 Å². The van der Waals surface area contributed by atoms with Crippen molar-refractivity contribution in [1.29, 1.82) is 0 Å². The Kier molecular flexibility index (Phi) is 11.4. The van der Waals surface area contributed by atoms with Gasteiger partial charge in [0.25, 0.3) is 0 Å². The molecule has 0 aliphatic heterocycles. The van der Waals surface area contributed by atoms with Crippen molar-refractivity contribution in [3.63, 3.8) is 0 Å². The number of aromatic nitrogens is 5. The smallest absolute Gasteiger partial charge is 0.188 e. The molecule has 0 saturated carbocycles. The van der Waals surface area contributed by atoms with Gasteiger partial charge in [-0.3, -0.25) is 0 Å². The van der Waals surface area contributed by atoms with Gasteiger partial charge in [-0.1, -0.05) is 174 Å². The summed E-state index contributed by atoms with van der Waals surface area (Å²) in [5.74, 6) is 1.87. The third-order valence-corrected chi connectivity index (χ3v) is 14.8. The Morgan fingerprint density at radius 2 is 0.716 bits per heavy atom. The van der Waals surface area contributed by atoms with E-state index in [1.807, 2.05) is 12.1 Å². The molecule has 0 aliphatic rings. The number of benzene rings is 8. The lowest BCUT2D eigenvalue weighted by molar-refractivity contribution is 0.568. The fraction of sp³-hybridized carbons (Fsp3) is 0.235. The van der Waals surface area contributed by atoms with E-state index in [2.05, 4.69) is 255 Å². The summed E-state index contributed by atoms with van der Waals surface area (Å²) in [5.41, 5.74) is 16.4. The molecule has 366 valence electrons. The van der Waals surface area contributed by atoms with Gasteiger partial charge in [0, 0.05) is 44.0 Å². The Labute approximate surface area is 436 Å². The molecule has 0 bridgehead atoms. The van der Waals surface area contributed by atoms with E-state index in [9.17, 15) is 0 Å². The molecule has 0 spiro atoms. The zero-order valence-corrected chi connectivity index (χ0v) is 44.8. The van der Waals surface area contributed by atoms with Gasteiger partial charge in [-0.05, 0) is 128 Å². The molecule has 74 heavy (non-hydrogen) atoms. The second kappa shape index (κ2) is 17.5. The molecule has 3 heterocycles. The van der Waals surface area contributed by atoms with Crippen LogP contribution in [0.2, 0.25) is 0 Å². The normalized spacial score (nSPS) is 12.6. The summed E-state index contributed by atoms with van der Waals surface area (Å²) in [6, 6.07) is 61.2. The number of hydrogen-bond donors (Lipinski definition) is 0. The average molecular weight is 965 g/mol. The highest BCUT2D eigenvalue weighted by Gasteiger charge is 2.27. The molecule has 0 radical (unpaired) electrons. The van der Waals surface area contributed by atoms with Crippen molar-refractivity contribution in [3.8, 4) is 56.7 Å². The lowest BCUT2D eigenvalue weighted by Gasteiger charge is -2.26. The highest BCUT2D eigenvalue weighted by atomic mass is 15.0. The Morgan fingerprint density at radius 1 is 0.338 bits per heavy atom. The second-order valence-corrected chi connectivity index (χ2v) is 24.2. The van der Waals surface area contributed by atoms with Crippen LogP contribution < -0.4 is 0 Å². The SMILES string of the molecule is [C-]#[N+]c1ccc2c(c1)c1ccccc1n2-c1ccccc1-c1cc(-c2nc(-c3cc(C(C)(C)C)cc(C(C)(C)C)c3)nc(-c3cc(C(C)(C)C)cc(C(C)(C)C)c3)n2)ccc1-n1c2ccccc2c2ccccc21. The minimum atomic E-state index is -0.113. The molecule has 0 unspecified atom stereocenters. The first-order valence-corrected chi connectivity index (χ1v) is 25.9. The predicted molar refractivity (Wildman–Crippen MR) is 311 cm³/mol. The Morgan fingerprint density at radius 3 is 1.16 bits per heavy atom. The minimum Gasteiger partial charge on any atom is -0.309 e. The largest absolute Gasteiger partial charge is 0.309 e. The monoisotopic (exact) mass is 965 g/mol. The number of hydrogen-bond acceptors (Lipinski definition) is 3. The van der Waals surface area contributed by atoms with Gasteiger partial charge in [-0.25, -0.2) is 19.8 Å². The number of rotatable bonds is 6. The van der Waals surface area contributed by atoms with Crippen molar-refractivity contribution in [2.45, 2.75) is 105 Å². The standard InChI is InChI=1S/C68H64N6/c1-65(2,3)45-34-43(35-46(39-45)66(4,5)6)63-70-62(71-64(72-63)44-36-47(67(7,8)9)40-48(37-44)68(10,11)12)42-30-32-60(73-56-26-18-14-22-50(56)51-23-15-19-27-57(51)73)54(38-42)52-24-16-20-28-58(52)74-59-29-21-17-25-53(59)55-41-49(69-13)31-33-61(55)74/h14-41H,1-12H3. The van der Waals surface area contributed by atoms with Crippen LogP contribution in [0, 0.1) is 6.57 Å². The third-order valence-electron chi connectivity index (χ3n) is 14.8. The molecule has 6 nitrogen and oxygen atoms in total. The van der Waals surface area contributed by atoms with E-state index in [1.54, 1.807) is 0 Å². The molecule has 11 aromatic rings. The molecular formula is C68H64N6. The molecule has 8 aromatic carbocycles. The van der Waals surface area contributed by atoms with Gasteiger partial charge < -0.3 is 9.13 Å². The molecule has 0 N–H and O–H groups in total. The van der Waals surface area contributed by atoms with Crippen LogP contribution in [0.5, 0.6) is 0 Å². The number of para-hydroxylation sites is 4. The Hall–Kier alpha value is -8.14. The van der Waals surface area contributed by atoms with E-state index in [0.29, 0.717) is 23.2 Å². The first kappa shape index (κ1) is 48.1. The van der Waals surface area contributed by atoms with Gasteiger partial charge in [-0.15, -0.1) is 0 Å². The first-order valence-electron chi connectivity index (χ1n) is 25.9. The van der Waals surface area contributed by atoms with Crippen molar-refractivity contribution in [3.05, 3.63) is 204 Å². The van der Waals surface area contributed by atoms with Crippen LogP contribution >= 0.6 is 0 Å². The molecule has 0 amide bonds. The van der Waals surface area contributed by atoms with Gasteiger partial charge in [0.05, 0.1) is 40.0 Å². The first-order chi connectivity index (χ1) is 35.2. The number of nitrogens with zero attached hydrogens (tertiary/aromatic N) is 6. The maximum Gasteiger partial charge on any atom is 0.188 e. The molecule has 6 heteroatoms. The highest BCUT2D eigenvalue weighted by Crippen LogP contribution is 2.44. The average Bonchev–Trinajstić information content (AvgIpc) is 3.89. The molecule has 3 aromatic heterocycles. The van der Waals surface area contributed by atoms with E-state index in [-0.39, 0.29) is 21.7 Å². The molecule has 0 aliphatic carbocycles. The van der Waals surface area contributed by atoms with E-state index in [4.69, 9.17) is 21.5 Å². The molecule has 11 rings (SSSR count). The highest BCUT2D eigenvalue weighted by molar-refractivity contribution is 6.12. The zero-order valence-electron chi connectivity index (χ0n) is 44.8. The van der Waals surface area contributed by atoms with Crippen molar-refractivity contribution < 1.29 is 0 Å². The van der Waals surface area contributed by atoms with Crippen LogP contribution in [0.4, 0.5) is 5.69 Å². The molecule has 0 fully saturated rings. The van der Waals surface area contributed by atoms with Crippen LogP contribution in [0.3, 0.4) is 0 Å². The summed E-state index contributed by atoms with van der Waals surface area (Å²) in [5, 5.41) is 4.52. The summed E-state index contributed by atoms with van der Waals surface area (Å²) in [6.45, 7) is 35.2. The summed E-state index contributed by atoms with van der Waals surface area (Å²) in [7, 11) is 0. The summed E-state index contributed by atoms with van der Waals surface area (Å²) < 4.78 is 4.77. The van der Waals surface area contributed by atoms with Crippen LogP contribution in [-0.4, -0.2) is 24.1 Å². The lowest BCUT2D eigenvalue weighted by atomic mass is 9.79. The van der Waals surface area contributed by atoms with Crippen molar-refractivity contribution in [1.82, 2.24) is 24.1 Å². The summed E-state index contributed by atoms with van der Waals surface area (Å²) in [4.78, 5) is 20.4. The predicted octanol–water partition coefficient (Wildman–Crippen LogP) is 18.5. The van der Waals surface area contributed by atoms with Gasteiger partial charge in [0.2, 0.25) is 0 Å². The second-order valence-electron chi connectivity index (χ2n) is 24.2. The van der Waals surface area contributed by atoms with E-state index in [1.165, 1.54) is 33.0 Å². The van der Waals surface area contributed by atoms with Gasteiger partial charge >= 0.3 is 0 Å². The number of fused-ring (bicyclic) bond motifs is 6. The molecular weight excluding hydrogens is 901 g/mol. The van der Waals surface area contributed by atoms with Gasteiger partial charge in [0.15, 0.2) is 23.2 Å². The fourth-order valence-electron chi connectivity index (χ4n) is 10.5. The third kappa shape index (κ3) is 8.54. The van der Waals surface area contributed by atoms with Crippen molar-refractivity contribution in [2.24, 2.45) is 0 Å². The maximum absolute atomic E-state index is 7.90. The Bertz CT molecular complexity index is 3860. The molecule has 0 atom stereocenters. The van der Waals surface area contributed by atoms with E-state index in [0.717, 1.165) is 72.0 Å². The Balaban J connectivity index is 1.24. The van der Waals surface area contributed by atoms with Gasteiger partial charge in [0.1, 0.15) is 0 Å².